The molecule has 2 fully saturated rings. The SMILES string of the molecule is Cc1[nH]nc2nc(-c3ccc(O)cc3)cc(C(=O)N3CCN(C4CCC4)CC3)c12.Cc1[nH]nc2nc(-c3ccc(O)cc3)cc(C(=O)O)c12. The highest BCUT2D eigenvalue weighted by Gasteiger charge is 2.31. The van der Waals surface area contributed by atoms with E-state index in [1.54, 1.807) is 43.3 Å². The highest BCUT2D eigenvalue weighted by Crippen LogP contribution is 2.30. The van der Waals surface area contributed by atoms with Crippen LogP contribution in [0.2, 0.25) is 0 Å². The fraction of sp³-hybridized carbons (Fsp3) is 0.278. The lowest BCUT2D eigenvalue weighted by Gasteiger charge is -2.43. The number of fused-ring (bicyclic) bond motifs is 2. The predicted molar refractivity (Wildman–Crippen MR) is 184 cm³/mol. The molecule has 5 N–H and O–H groups in total. The van der Waals surface area contributed by atoms with Crippen molar-refractivity contribution in [3.8, 4) is 34.0 Å². The normalized spacial score (nSPS) is 15.2. The standard InChI is InChI=1S/C22H25N5O2.C14H11N3O3/c1-14-20-18(22(29)27-11-9-26(10-12-27)16-3-2-4-16)13-19(23-21(20)25-24-14)15-5-7-17(28)8-6-15;1-7-12-10(14(19)20)6-11(15-13(12)17-16-7)8-2-4-9(18)5-3-8/h5-8,13,16,28H,2-4,9-12H2,1H3,(H,23,24,25);2-6,18H,1H3,(H,19,20)(H,15,16,17). The molecule has 1 aliphatic carbocycles. The Bertz CT molecular complexity index is 2160. The van der Waals surface area contributed by atoms with Gasteiger partial charge >= 0.3 is 5.97 Å². The number of amides is 1. The molecule has 49 heavy (non-hydrogen) atoms. The number of carbonyl (C=O) groups is 2. The van der Waals surface area contributed by atoms with E-state index in [9.17, 15) is 24.9 Å². The minimum Gasteiger partial charge on any atom is -0.508 e. The number of carbonyl (C=O) groups excluding carboxylic acids is 1. The Hall–Kier alpha value is -5.82. The minimum absolute atomic E-state index is 0.0372. The maximum atomic E-state index is 13.5. The zero-order valence-corrected chi connectivity index (χ0v) is 27.1. The molecule has 5 heterocycles. The molecule has 13 nitrogen and oxygen atoms in total. The molecule has 1 saturated heterocycles. The van der Waals surface area contributed by atoms with Gasteiger partial charge in [0.15, 0.2) is 11.3 Å². The van der Waals surface area contributed by atoms with Crippen molar-refractivity contribution in [2.75, 3.05) is 26.2 Å². The smallest absolute Gasteiger partial charge is 0.336 e. The number of phenols is 2. The monoisotopic (exact) mass is 660 g/mol. The van der Waals surface area contributed by atoms with Gasteiger partial charge < -0.3 is 20.2 Å². The summed E-state index contributed by atoms with van der Waals surface area (Å²) >= 11 is 0. The van der Waals surface area contributed by atoms with Gasteiger partial charge in [-0.15, -0.1) is 0 Å². The summed E-state index contributed by atoms with van der Waals surface area (Å²) in [6.07, 6.45) is 3.92. The van der Waals surface area contributed by atoms with Crippen molar-refractivity contribution in [3.63, 3.8) is 0 Å². The number of aromatic carboxylic acids is 1. The molecule has 1 amide bonds. The third-order valence-corrected chi connectivity index (χ3v) is 9.39. The molecule has 13 heteroatoms. The van der Waals surface area contributed by atoms with Crippen LogP contribution in [0.3, 0.4) is 0 Å². The maximum Gasteiger partial charge on any atom is 0.336 e. The molecule has 0 spiro atoms. The number of piperazine rings is 1. The topological polar surface area (TPSA) is 184 Å². The van der Waals surface area contributed by atoms with Crippen LogP contribution in [0, 0.1) is 13.8 Å². The Labute approximate surface area is 281 Å². The van der Waals surface area contributed by atoms with E-state index in [0.717, 1.165) is 48.9 Å². The summed E-state index contributed by atoms with van der Waals surface area (Å²) in [7, 11) is 0. The number of pyridine rings is 2. The van der Waals surface area contributed by atoms with Crippen molar-refractivity contribution >= 4 is 33.9 Å². The van der Waals surface area contributed by atoms with E-state index in [0.29, 0.717) is 44.9 Å². The molecule has 8 rings (SSSR count). The number of hydrogen-bond acceptors (Lipinski definition) is 9. The van der Waals surface area contributed by atoms with Gasteiger partial charge in [0.05, 0.1) is 33.3 Å². The molecule has 0 atom stereocenters. The summed E-state index contributed by atoms with van der Waals surface area (Å²) in [5.74, 6) is -0.646. The Morgan fingerprint density at radius 2 is 1.18 bits per heavy atom. The number of aromatic nitrogens is 6. The van der Waals surface area contributed by atoms with Crippen molar-refractivity contribution in [3.05, 3.63) is 83.2 Å². The minimum atomic E-state index is -1.03. The largest absolute Gasteiger partial charge is 0.508 e. The maximum absolute atomic E-state index is 13.5. The molecule has 0 unspecified atom stereocenters. The third kappa shape index (κ3) is 6.27. The molecule has 2 aromatic carbocycles. The highest BCUT2D eigenvalue weighted by atomic mass is 16.4. The van der Waals surface area contributed by atoms with Gasteiger partial charge in [-0.2, -0.15) is 10.2 Å². The molecular formula is C36H36N8O5. The van der Waals surface area contributed by atoms with Crippen LogP contribution < -0.4 is 0 Å². The van der Waals surface area contributed by atoms with Gasteiger partial charge in [-0.3, -0.25) is 19.9 Å². The summed E-state index contributed by atoms with van der Waals surface area (Å²) in [5, 5.41) is 43.5. The highest BCUT2D eigenvalue weighted by molar-refractivity contribution is 6.07. The number of nitrogens with one attached hydrogen (secondary N) is 2. The Morgan fingerprint density at radius 3 is 1.63 bits per heavy atom. The van der Waals surface area contributed by atoms with Crippen molar-refractivity contribution in [1.82, 2.24) is 40.2 Å². The summed E-state index contributed by atoms with van der Waals surface area (Å²) in [6.45, 7) is 7.07. The first-order valence-corrected chi connectivity index (χ1v) is 16.2. The first kappa shape index (κ1) is 31.8. The van der Waals surface area contributed by atoms with Crippen LogP contribution in [0.15, 0.2) is 60.7 Å². The Morgan fingerprint density at radius 1 is 0.714 bits per heavy atom. The molecule has 0 bridgehead atoms. The van der Waals surface area contributed by atoms with Crippen LogP contribution in [0.1, 0.15) is 51.4 Å². The number of carboxylic acid groups (broad SMARTS) is 1. The van der Waals surface area contributed by atoms with E-state index in [1.807, 2.05) is 17.9 Å². The number of aryl methyl sites for hydroxylation is 2. The zero-order chi connectivity index (χ0) is 34.2. The van der Waals surface area contributed by atoms with Crippen molar-refractivity contribution in [1.29, 1.82) is 0 Å². The number of H-pyrrole nitrogens is 2. The number of rotatable bonds is 5. The lowest BCUT2D eigenvalue weighted by Crippen LogP contribution is -2.53. The third-order valence-electron chi connectivity index (χ3n) is 9.39. The second-order valence-electron chi connectivity index (χ2n) is 12.5. The van der Waals surface area contributed by atoms with Crippen LogP contribution >= 0.6 is 0 Å². The predicted octanol–water partition coefficient (Wildman–Crippen LogP) is 5.29. The molecule has 1 aliphatic heterocycles. The van der Waals surface area contributed by atoms with Crippen LogP contribution in [-0.2, 0) is 0 Å². The van der Waals surface area contributed by atoms with Crippen molar-refractivity contribution in [2.24, 2.45) is 0 Å². The molecule has 0 radical (unpaired) electrons. The van der Waals surface area contributed by atoms with Gasteiger partial charge in [0.1, 0.15) is 11.5 Å². The lowest BCUT2D eigenvalue weighted by molar-refractivity contribution is 0.0456. The summed E-state index contributed by atoms with van der Waals surface area (Å²) in [4.78, 5) is 38.3. The molecule has 6 aromatic rings. The summed E-state index contributed by atoms with van der Waals surface area (Å²) in [6, 6.07) is 17.3. The number of carboxylic acids is 1. The van der Waals surface area contributed by atoms with Crippen molar-refractivity contribution < 1.29 is 24.9 Å². The van der Waals surface area contributed by atoms with Gasteiger partial charge in [0.25, 0.3) is 5.91 Å². The fourth-order valence-corrected chi connectivity index (χ4v) is 6.46. The van der Waals surface area contributed by atoms with E-state index in [1.165, 1.54) is 37.5 Å². The van der Waals surface area contributed by atoms with E-state index in [-0.39, 0.29) is 23.0 Å². The van der Waals surface area contributed by atoms with Gasteiger partial charge in [0.2, 0.25) is 0 Å². The lowest BCUT2D eigenvalue weighted by atomic mass is 9.91. The number of nitrogens with zero attached hydrogens (tertiary/aromatic N) is 6. The van der Waals surface area contributed by atoms with Gasteiger partial charge in [-0.25, -0.2) is 14.8 Å². The number of phenolic OH excluding ortho intramolecular Hbond substituents is 2. The van der Waals surface area contributed by atoms with Crippen LogP contribution in [0.25, 0.3) is 44.6 Å². The van der Waals surface area contributed by atoms with Crippen LogP contribution in [-0.4, -0.2) is 99.6 Å². The first-order valence-electron chi connectivity index (χ1n) is 16.2. The quantitative estimate of drug-likeness (QED) is 0.163. The molecular weight excluding hydrogens is 624 g/mol. The second-order valence-corrected chi connectivity index (χ2v) is 12.5. The van der Waals surface area contributed by atoms with E-state index >= 15 is 0 Å². The van der Waals surface area contributed by atoms with E-state index in [4.69, 9.17) is 0 Å². The Balaban J connectivity index is 0.000000166. The van der Waals surface area contributed by atoms with Gasteiger partial charge in [-0.05, 0) is 87.4 Å². The first-order chi connectivity index (χ1) is 23.7. The number of hydrogen-bond donors (Lipinski definition) is 5. The number of benzene rings is 2. The average molecular weight is 661 g/mol. The van der Waals surface area contributed by atoms with Crippen LogP contribution in [0.5, 0.6) is 11.5 Å². The Kier molecular flexibility index (Phi) is 8.43. The van der Waals surface area contributed by atoms with E-state index in [2.05, 4.69) is 35.3 Å². The van der Waals surface area contributed by atoms with E-state index < -0.39 is 5.97 Å². The molecule has 2 aliphatic rings. The fourth-order valence-electron chi connectivity index (χ4n) is 6.46. The average Bonchev–Trinajstić information content (AvgIpc) is 3.65. The molecule has 4 aromatic heterocycles. The molecule has 1 saturated carbocycles. The summed E-state index contributed by atoms with van der Waals surface area (Å²) in [5.41, 5.74) is 5.97. The number of aromatic amines is 2. The molecule has 250 valence electrons. The van der Waals surface area contributed by atoms with Gasteiger partial charge in [-0.1, -0.05) is 6.42 Å². The zero-order valence-electron chi connectivity index (χ0n) is 27.1. The second kappa shape index (κ2) is 13.0. The summed E-state index contributed by atoms with van der Waals surface area (Å²) < 4.78 is 0. The number of aromatic hydroxyl groups is 2. The van der Waals surface area contributed by atoms with Gasteiger partial charge in [0, 0.05) is 54.7 Å². The van der Waals surface area contributed by atoms with Crippen LogP contribution in [0.4, 0.5) is 0 Å². The van der Waals surface area contributed by atoms with Crippen molar-refractivity contribution in [2.45, 2.75) is 39.2 Å².